The zero-order valence-corrected chi connectivity index (χ0v) is 13.2. The summed E-state index contributed by atoms with van der Waals surface area (Å²) in [5.74, 6) is -0.807. The molecule has 1 fully saturated rings. The fraction of sp³-hybridized carbons (Fsp3) is 0.438. The number of benzene rings is 1. The van der Waals surface area contributed by atoms with E-state index in [0.717, 1.165) is 15.2 Å². The van der Waals surface area contributed by atoms with E-state index in [1.807, 2.05) is 24.3 Å². The van der Waals surface area contributed by atoms with Crippen molar-refractivity contribution in [1.29, 1.82) is 0 Å². The van der Waals surface area contributed by atoms with Gasteiger partial charge in [0, 0.05) is 25.9 Å². The number of hydrogen-bond acceptors (Lipinski definition) is 4. The average Bonchev–Trinajstić information content (AvgIpc) is 3.09. The highest BCUT2D eigenvalue weighted by Gasteiger charge is 2.41. The summed E-state index contributed by atoms with van der Waals surface area (Å²) >= 11 is 1.61. The molecule has 0 aliphatic carbocycles. The van der Waals surface area contributed by atoms with E-state index < -0.39 is 11.4 Å². The van der Waals surface area contributed by atoms with Crippen LogP contribution in [-0.2, 0) is 16.0 Å². The molecule has 2 heterocycles. The van der Waals surface area contributed by atoms with Crippen molar-refractivity contribution in [2.75, 3.05) is 13.1 Å². The van der Waals surface area contributed by atoms with Gasteiger partial charge in [-0.3, -0.25) is 9.59 Å². The van der Waals surface area contributed by atoms with Crippen molar-refractivity contribution in [2.24, 2.45) is 5.41 Å². The van der Waals surface area contributed by atoms with Crippen molar-refractivity contribution in [3.63, 3.8) is 0 Å². The summed E-state index contributed by atoms with van der Waals surface area (Å²) in [6.45, 7) is 2.54. The Morgan fingerprint density at radius 3 is 2.86 bits per heavy atom. The van der Waals surface area contributed by atoms with Gasteiger partial charge in [0.15, 0.2) is 0 Å². The Morgan fingerprint density at radius 1 is 1.41 bits per heavy atom. The molecule has 1 unspecified atom stereocenters. The van der Waals surface area contributed by atoms with Crippen LogP contribution in [0.3, 0.4) is 0 Å². The first kappa shape index (κ1) is 15.0. The van der Waals surface area contributed by atoms with Crippen molar-refractivity contribution in [3.05, 3.63) is 29.3 Å². The van der Waals surface area contributed by atoms with Crippen molar-refractivity contribution < 1.29 is 14.7 Å². The minimum absolute atomic E-state index is 0.0178. The van der Waals surface area contributed by atoms with Crippen LogP contribution in [0.25, 0.3) is 10.2 Å². The number of likely N-dealkylation sites (tertiary alicyclic amines) is 1. The first-order valence-electron chi connectivity index (χ1n) is 7.33. The minimum atomic E-state index is -0.825. The summed E-state index contributed by atoms with van der Waals surface area (Å²) in [6, 6.07) is 7.92. The molecule has 2 aromatic rings. The predicted molar refractivity (Wildman–Crippen MR) is 84.9 cm³/mol. The molecule has 22 heavy (non-hydrogen) atoms. The number of aryl methyl sites for hydroxylation is 1. The third-order valence-electron chi connectivity index (χ3n) is 4.23. The normalized spacial score (nSPS) is 21.4. The van der Waals surface area contributed by atoms with Crippen LogP contribution in [0.15, 0.2) is 24.3 Å². The molecule has 1 atom stereocenters. The molecular formula is C16H18N2O3S. The van der Waals surface area contributed by atoms with Gasteiger partial charge in [0.1, 0.15) is 0 Å². The molecule has 1 aliphatic heterocycles. The Labute approximate surface area is 132 Å². The van der Waals surface area contributed by atoms with Gasteiger partial charge in [-0.25, -0.2) is 4.98 Å². The third kappa shape index (κ3) is 2.83. The number of para-hydroxylation sites is 1. The van der Waals surface area contributed by atoms with E-state index in [-0.39, 0.29) is 5.91 Å². The highest BCUT2D eigenvalue weighted by molar-refractivity contribution is 7.18. The number of fused-ring (bicyclic) bond motifs is 1. The van der Waals surface area contributed by atoms with E-state index in [0.29, 0.717) is 32.4 Å². The van der Waals surface area contributed by atoms with Crippen molar-refractivity contribution >= 4 is 33.4 Å². The number of carboxylic acid groups (broad SMARTS) is 1. The van der Waals surface area contributed by atoms with Crippen LogP contribution in [0.5, 0.6) is 0 Å². The van der Waals surface area contributed by atoms with Gasteiger partial charge in [0.05, 0.1) is 20.6 Å². The lowest BCUT2D eigenvalue weighted by Gasteiger charge is -2.20. The Hall–Kier alpha value is -1.95. The van der Waals surface area contributed by atoms with E-state index in [4.69, 9.17) is 0 Å². The van der Waals surface area contributed by atoms with E-state index in [1.165, 1.54) is 0 Å². The number of carbonyl (C=O) groups excluding carboxylic acids is 1. The van der Waals surface area contributed by atoms with Gasteiger partial charge in [-0.15, -0.1) is 11.3 Å². The van der Waals surface area contributed by atoms with Gasteiger partial charge in [0.2, 0.25) is 5.91 Å². The van der Waals surface area contributed by atoms with Gasteiger partial charge in [-0.1, -0.05) is 12.1 Å². The number of hydrogen-bond donors (Lipinski definition) is 1. The largest absolute Gasteiger partial charge is 0.481 e. The van der Waals surface area contributed by atoms with E-state index in [2.05, 4.69) is 4.98 Å². The molecule has 1 amide bonds. The number of rotatable bonds is 4. The first-order valence-corrected chi connectivity index (χ1v) is 8.15. The Kier molecular flexibility index (Phi) is 3.87. The molecule has 0 bridgehead atoms. The second-order valence-electron chi connectivity index (χ2n) is 6.01. The lowest BCUT2D eigenvalue weighted by molar-refractivity contribution is -0.147. The molecule has 1 aromatic carbocycles. The van der Waals surface area contributed by atoms with Gasteiger partial charge in [-0.2, -0.15) is 0 Å². The summed E-state index contributed by atoms with van der Waals surface area (Å²) in [7, 11) is 0. The summed E-state index contributed by atoms with van der Waals surface area (Å²) in [4.78, 5) is 29.7. The average molecular weight is 318 g/mol. The van der Waals surface area contributed by atoms with Crippen molar-refractivity contribution in [3.8, 4) is 0 Å². The quantitative estimate of drug-likeness (QED) is 0.940. The van der Waals surface area contributed by atoms with Crippen LogP contribution in [0, 0.1) is 5.41 Å². The zero-order valence-electron chi connectivity index (χ0n) is 12.4. The molecule has 116 valence electrons. The van der Waals surface area contributed by atoms with Crippen LogP contribution in [-0.4, -0.2) is 40.0 Å². The van der Waals surface area contributed by atoms with Crippen LogP contribution in [0.4, 0.5) is 0 Å². The molecule has 5 nitrogen and oxygen atoms in total. The topological polar surface area (TPSA) is 70.5 Å². The van der Waals surface area contributed by atoms with Gasteiger partial charge >= 0.3 is 5.97 Å². The highest BCUT2D eigenvalue weighted by atomic mass is 32.1. The molecule has 1 saturated heterocycles. The fourth-order valence-corrected chi connectivity index (χ4v) is 3.71. The molecule has 1 aliphatic rings. The van der Waals surface area contributed by atoms with Crippen molar-refractivity contribution in [2.45, 2.75) is 26.2 Å². The number of carbonyl (C=O) groups is 2. The summed E-state index contributed by atoms with van der Waals surface area (Å²) in [5.41, 5.74) is 0.167. The molecule has 0 radical (unpaired) electrons. The number of thiazole rings is 1. The standard InChI is InChI=1S/C16H18N2O3S/c1-16(15(20)21)8-9-18(10-16)14(19)7-6-13-17-11-4-2-3-5-12(11)22-13/h2-5H,6-10H2,1H3,(H,20,21). The monoisotopic (exact) mass is 318 g/mol. The number of nitrogens with zero attached hydrogens (tertiary/aromatic N) is 2. The smallest absolute Gasteiger partial charge is 0.311 e. The molecule has 0 spiro atoms. The van der Waals surface area contributed by atoms with Gasteiger partial charge < -0.3 is 10.0 Å². The number of amides is 1. The van der Waals surface area contributed by atoms with Gasteiger partial charge in [-0.05, 0) is 25.5 Å². The van der Waals surface area contributed by atoms with Crippen LogP contribution < -0.4 is 0 Å². The lowest BCUT2D eigenvalue weighted by atomic mass is 9.90. The molecular weight excluding hydrogens is 300 g/mol. The molecule has 1 N–H and O–H groups in total. The molecule has 6 heteroatoms. The van der Waals surface area contributed by atoms with E-state index in [9.17, 15) is 14.7 Å². The van der Waals surface area contributed by atoms with Crippen LogP contribution in [0.2, 0.25) is 0 Å². The lowest BCUT2D eigenvalue weighted by Crippen LogP contribution is -2.34. The predicted octanol–water partition coefficient (Wildman–Crippen LogP) is 2.55. The Bertz CT molecular complexity index is 694. The Balaban J connectivity index is 1.60. The summed E-state index contributed by atoms with van der Waals surface area (Å²) < 4.78 is 1.13. The third-order valence-corrected chi connectivity index (χ3v) is 5.33. The number of aromatic nitrogens is 1. The van der Waals surface area contributed by atoms with Gasteiger partial charge in [0.25, 0.3) is 0 Å². The van der Waals surface area contributed by atoms with E-state index >= 15 is 0 Å². The van der Waals surface area contributed by atoms with E-state index in [1.54, 1.807) is 23.2 Å². The molecule has 1 aromatic heterocycles. The van der Waals surface area contributed by atoms with Crippen LogP contribution >= 0.6 is 11.3 Å². The minimum Gasteiger partial charge on any atom is -0.481 e. The highest BCUT2D eigenvalue weighted by Crippen LogP contribution is 2.30. The van der Waals surface area contributed by atoms with Crippen LogP contribution in [0.1, 0.15) is 24.8 Å². The van der Waals surface area contributed by atoms with Crippen molar-refractivity contribution in [1.82, 2.24) is 9.88 Å². The number of aliphatic carboxylic acids is 1. The maximum Gasteiger partial charge on any atom is 0.311 e. The summed E-state index contributed by atoms with van der Waals surface area (Å²) in [6.07, 6.45) is 1.52. The molecule has 0 saturated carbocycles. The first-order chi connectivity index (χ1) is 10.5. The molecule has 3 rings (SSSR count). The maximum atomic E-state index is 12.3. The second kappa shape index (κ2) is 5.68. The maximum absolute atomic E-state index is 12.3. The fourth-order valence-electron chi connectivity index (χ4n) is 2.75. The number of carboxylic acids is 1. The SMILES string of the molecule is CC1(C(=O)O)CCN(C(=O)CCc2nc3ccccc3s2)C1. The zero-order chi connectivity index (χ0) is 15.7. The summed E-state index contributed by atoms with van der Waals surface area (Å²) in [5, 5.41) is 10.2. The second-order valence-corrected chi connectivity index (χ2v) is 7.12. The Morgan fingerprint density at radius 2 is 2.18 bits per heavy atom.